The Morgan fingerprint density at radius 2 is 2.12 bits per heavy atom. The number of rotatable bonds is 4. The van der Waals surface area contributed by atoms with Crippen molar-refractivity contribution >= 4 is 34.7 Å². The molecule has 3 heterocycles. The van der Waals surface area contributed by atoms with Crippen molar-refractivity contribution in [2.24, 2.45) is 0 Å². The Morgan fingerprint density at radius 1 is 1.36 bits per heavy atom. The number of fused-ring (bicyclic) bond motifs is 2. The van der Waals surface area contributed by atoms with Crippen LogP contribution in [0.3, 0.4) is 0 Å². The summed E-state index contributed by atoms with van der Waals surface area (Å²) in [6.45, 7) is 3.97. The van der Waals surface area contributed by atoms with Crippen LogP contribution >= 0.6 is 23.2 Å². The number of nitrogens with zero attached hydrogens (tertiary/aromatic N) is 3. The quantitative estimate of drug-likeness (QED) is 0.375. The predicted molar refractivity (Wildman–Crippen MR) is 89.1 cm³/mol. The van der Waals surface area contributed by atoms with Gasteiger partial charge in [0.15, 0.2) is 16.6 Å². The Morgan fingerprint density at radius 3 is 2.88 bits per heavy atom. The molecule has 0 bridgehead atoms. The van der Waals surface area contributed by atoms with Crippen LogP contribution in [0.15, 0.2) is 0 Å². The van der Waals surface area contributed by atoms with E-state index in [4.69, 9.17) is 42.5 Å². The molecule has 3 aliphatic rings. The van der Waals surface area contributed by atoms with Crippen LogP contribution in [0, 0.1) is 0 Å². The molecule has 0 amide bonds. The van der Waals surface area contributed by atoms with Crippen molar-refractivity contribution in [1.29, 1.82) is 0 Å². The van der Waals surface area contributed by atoms with Gasteiger partial charge in [-0.05, 0) is 25.4 Å². The maximum absolute atomic E-state index is 9.07. The summed E-state index contributed by atoms with van der Waals surface area (Å²) >= 11 is 12.1. The van der Waals surface area contributed by atoms with Crippen LogP contribution in [0.2, 0.25) is 10.4 Å². The number of hydrogen-bond acceptors (Lipinski definition) is 8. The zero-order valence-corrected chi connectivity index (χ0v) is 15.3. The number of nitrogens with one attached hydrogen (secondary N) is 1. The largest absolute Gasteiger partial charge is 0.394 e. The van der Waals surface area contributed by atoms with Crippen LogP contribution in [0.4, 0.5) is 11.5 Å². The Hall–Kier alpha value is -0.940. The average molecular weight is 393 g/mol. The molecule has 25 heavy (non-hydrogen) atoms. The van der Waals surface area contributed by atoms with Gasteiger partial charge in [0, 0.05) is 6.42 Å². The highest BCUT2D eigenvalue weighted by Crippen LogP contribution is 2.43. The summed E-state index contributed by atoms with van der Waals surface area (Å²) in [6.07, 6.45) is 0.0311. The molecule has 11 heteroatoms. The minimum atomic E-state index is -0.703. The van der Waals surface area contributed by atoms with Crippen molar-refractivity contribution in [3.63, 3.8) is 0 Å². The lowest BCUT2D eigenvalue weighted by atomic mass is 10.2. The number of nitrogens with two attached hydrogens (primary N) is 1. The number of anilines is 2. The van der Waals surface area contributed by atoms with Crippen LogP contribution in [-0.4, -0.2) is 58.4 Å². The van der Waals surface area contributed by atoms with Crippen LogP contribution in [-0.2, 0) is 14.2 Å². The first-order valence-electron chi connectivity index (χ1n) is 8.09. The van der Waals surface area contributed by atoms with E-state index in [2.05, 4.69) is 15.4 Å². The van der Waals surface area contributed by atoms with Gasteiger partial charge >= 0.3 is 0 Å². The average Bonchev–Trinajstić information content (AvgIpc) is 3.16. The topological polar surface area (TPSA) is 106 Å². The number of halogens is 2. The molecule has 1 aromatic rings. The van der Waals surface area contributed by atoms with Crippen LogP contribution in [0.25, 0.3) is 0 Å². The van der Waals surface area contributed by atoms with E-state index in [9.17, 15) is 0 Å². The molecule has 9 nitrogen and oxygen atoms in total. The van der Waals surface area contributed by atoms with Crippen LogP contribution in [0.5, 0.6) is 0 Å². The van der Waals surface area contributed by atoms with E-state index >= 15 is 0 Å². The van der Waals surface area contributed by atoms with Crippen molar-refractivity contribution in [2.45, 2.75) is 50.4 Å². The number of ether oxygens (including phenoxy) is 3. The first kappa shape index (κ1) is 17.5. The van der Waals surface area contributed by atoms with Crippen molar-refractivity contribution in [2.75, 3.05) is 23.6 Å². The van der Waals surface area contributed by atoms with Crippen molar-refractivity contribution in [1.82, 2.24) is 9.97 Å². The van der Waals surface area contributed by atoms with E-state index in [-0.39, 0.29) is 48.0 Å². The zero-order valence-electron chi connectivity index (χ0n) is 13.8. The molecule has 0 unspecified atom stereocenters. The molecule has 0 aromatic carbocycles. The number of aromatic nitrogens is 2. The Kier molecular flexibility index (Phi) is 4.43. The maximum Gasteiger partial charge on any atom is 0.226 e. The standard InChI is InChI=1S/C14H19Cl2N5O4/c1-14(2)24-9-6(5-7(10(9)25-14)23-4-3-22)21-12-8(19-20-21)11(15)17-13(16)18-12/h6-7,9-10,19-20,22H,3-5H2,1-2H3/p+1/t6-,7+,9+,10-/m1/s1. The first-order valence-corrected chi connectivity index (χ1v) is 8.84. The van der Waals surface area contributed by atoms with Gasteiger partial charge in [-0.2, -0.15) is 9.99 Å². The summed E-state index contributed by atoms with van der Waals surface area (Å²) in [4.78, 5) is 8.26. The van der Waals surface area contributed by atoms with E-state index in [1.54, 1.807) is 5.53 Å². The molecule has 1 aliphatic carbocycles. The summed E-state index contributed by atoms with van der Waals surface area (Å²) in [5.41, 5.74) is 5.49. The third-order valence-electron chi connectivity index (χ3n) is 4.57. The second-order valence-corrected chi connectivity index (χ2v) is 7.36. The molecule has 0 spiro atoms. The number of quaternary nitrogens is 1. The van der Waals surface area contributed by atoms with Gasteiger partial charge in [0.25, 0.3) is 0 Å². The van der Waals surface area contributed by atoms with E-state index in [1.165, 1.54) is 0 Å². The lowest BCUT2D eigenvalue weighted by molar-refractivity contribution is -0.637. The molecule has 2 aliphatic heterocycles. The molecule has 4 N–H and O–H groups in total. The van der Waals surface area contributed by atoms with Gasteiger partial charge in [0.2, 0.25) is 11.1 Å². The van der Waals surface area contributed by atoms with Gasteiger partial charge in [-0.3, -0.25) is 0 Å². The van der Waals surface area contributed by atoms with Crippen molar-refractivity contribution in [3.8, 4) is 0 Å². The molecular formula is C14H20Cl2N5O4+. The highest BCUT2D eigenvalue weighted by molar-refractivity contribution is 6.34. The fraction of sp³-hybridized carbons (Fsp3) is 0.714. The van der Waals surface area contributed by atoms with Crippen LogP contribution < -0.4 is 16.0 Å². The summed E-state index contributed by atoms with van der Waals surface area (Å²) in [7, 11) is 0. The summed E-state index contributed by atoms with van der Waals surface area (Å²) in [5.74, 6) is -0.101. The number of nitrogen functional groups attached to an aromatic ring is 1. The third-order valence-corrected chi connectivity index (χ3v) is 5.02. The molecule has 1 saturated carbocycles. The third kappa shape index (κ3) is 3.03. The molecular weight excluding hydrogens is 373 g/mol. The molecule has 1 aromatic heterocycles. The lowest BCUT2D eigenvalue weighted by Gasteiger charge is -2.26. The molecule has 0 radical (unpaired) electrons. The predicted octanol–water partition coefficient (Wildman–Crippen LogP) is 0.0786. The Labute approximate surface area is 154 Å². The normalized spacial score (nSPS) is 32.6. The molecule has 4 rings (SSSR count). The lowest BCUT2D eigenvalue weighted by Crippen LogP contribution is -2.97. The molecule has 1 saturated heterocycles. The smallest absolute Gasteiger partial charge is 0.226 e. The maximum atomic E-state index is 9.07. The minimum absolute atomic E-state index is 0.0402. The second kappa shape index (κ2) is 6.34. The van der Waals surface area contributed by atoms with E-state index in [0.29, 0.717) is 17.9 Å². The summed E-state index contributed by atoms with van der Waals surface area (Å²) in [6, 6.07) is -0.0775. The minimum Gasteiger partial charge on any atom is -0.394 e. The fourth-order valence-corrected chi connectivity index (χ4v) is 4.13. The highest BCUT2D eigenvalue weighted by Gasteiger charge is 2.58. The van der Waals surface area contributed by atoms with Gasteiger partial charge in [-0.1, -0.05) is 11.6 Å². The monoisotopic (exact) mass is 392 g/mol. The molecule has 138 valence electrons. The fourth-order valence-electron chi connectivity index (χ4n) is 3.70. The molecule has 2 fully saturated rings. The van der Waals surface area contributed by atoms with Gasteiger partial charge in [0.1, 0.15) is 18.2 Å². The highest BCUT2D eigenvalue weighted by atomic mass is 35.5. The van der Waals surface area contributed by atoms with Gasteiger partial charge < -0.3 is 19.3 Å². The SMILES string of the molecule is CC1(C)O[C@@H]2[C@H](O1)[C@@H](OCCO)C[C@H]2N1[NH2+]Nc2c(Cl)nc(Cl)nc21. The van der Waals surface area contributed by atoms with Crippen molar-refractivity contribution < 1.29 is 24.9 Å². The van der Waals surface area contributed by atoms with Gasteiger partial charge in [-0.25, -0.2) is 10.4 Å². The Bertz CT molecular complexity index is 679. The van der Waals surface area contributed by atoms with Crippen LogP contribution in [0.1, 0.15) is 20.3 Å². The van der Waals surface area contributed by atoms with Gasteiger partial charge in [-0.15, -0.1) is 5.53 Å². The number of aliphatic hydroxyl groups excluding tert-OH is 1. The molecule has 4 atom stereocenters. The van der Waals surface area contributed by atoms with Crippen molar-refractivity contribution in [3.05, 3.63) is 10.4 Å². The second-order valence-electron chi connectivity index (χ2n) is 6.66. The summed E-state index contributed by atoms with van der Waals surface area (Å²) < 4.78 is 17.9. The Balaban J connectivity index is 1.63. The first-order chi connectivity index (χ1) is 11.9. The van der Waals surface area contributed by atoms with E-state index in [1.807, 2.05) is 18.9 Å². The number of aliphatic hydroxyl groups is 1. The van der Waals surface area contributed by atoms with E-state index in [0.717, 1.165) is 0 Å². The number of hydrogen-bond donors (Lipinski definition) is 3. The van der Waals surface area contributed by atoms with Gasteiger partial charge in [0.05, 0.1) is 19.3 Å². The zero-order chi connectivity index (χ0) is 17.8. The van der Waals surface area contributed by atoms with E-state index < -0.39 is 5.79 Å². The summed E-state index contributed by atoms with van der Waals surface area (Å²) in [5, 5.41) is 11.4.